The SMILES string of the molecule is C[C@]1(c2cc(Cc3ncnc4cc(Cl)cnc34)cc(F)c2F)N=C(N)S[C@@]2(CO)C[C@H]21. The van der Waals surface area contributed by atoms with Crippen LogP contribution in [0.1, 0.15) is 30.2 Å². The molecule has 1 saturated carbocycles. The molecule has 0 saturated heterocycles. The number of benzene rings is 1. The molecule has 0 radical (unpaired) electrons. The molecule has 0 unspecified atom stereocenters. The molecule has 6 nitrogen and oxygen atoms in total. The van der Waals surface area contributed by atoms with E-state index in [9.17, 15) is 13.9 Å². The summed E-state index contributed by atoms with van der Waals surface area (Å²) in [7, 11) is 0. The number of aliphatic imine (C=N–C) groups is 1. The topological polar surface area (TPSA) is 97.3 Å². The summed E-state index contributed by atoms with van der Waals surface area (Å²) < 4.78 is 29.2. The number of aliphatic hydroxyl groups is 1. The maximum Gasteiger partial charge on any atom is 0.164 e. The summed E-state index contributed by atoms with van der Waals surface area (Å²) in [5.41, 5.74) is 7.26. The van der Waals surface area contributed by atoms with E-state index in [1.165, 1.54) is 24.3 Å². The molecule has 1 aliphatic carbocycles. The summed E-state index contributed by atoms with van der Waals surface area (Å²) >= 11 is 7.29. The van der Waals surface area contributed by atoms with Crippen molar-refractivity contribution in [3.63, 3.8) is 0 Å². The van der Waals surface area contributed by atoms with Gasteiger partial charge in [0.15, 0.2) is 16.8 Å². The summed E-state index contributed by atoms with van der Waals surface area (Å²) in [6.45, 7) is 1.64. The Morgan fingerprint density at radius 1 is 1.26 bits per heavy atom. The molecule has 2 aliphatic rings. The van der Waals surface area contributed by atoms with Crippen LogP contribution in [0.5, 0.6) is 0 Å². The first kappa shape index (κ1) is 20.5. The minimum atomic E-state index is -1.07. The molecule has 0 spiro atoms. The van der Waals surface area contributed by atoms with Crippen LogP contribution in [0.25, 0.3) is 11.0 Å². The van der Waals surface area contributed by atoms with Crippen LogP contribution in [-0.4, -0.2) is 36.6 Å². The smallest absolute Gasteiger partial charge is 0.164 e. The number of amidine groups is 1. The average molecular weight is 462 g/mol. The fraction of sp³-hybridized carbons (Fsp3) is 0.333. The number of nitrogens with two attached hydrogens (primary N) is 1. The third kappa shape index (κ3) is 3.26. The molecule has 160 valence electrons. The van der Waals surface area contributed by atoms with Crippen molar-refractivity contribution in [2.24, 2.45) is 16.6 Å². The predicted molar refractivity (Wildman–Crippen MR) is 116 cm³/mol. The van der Waals surface area contributed by atoms with Crippen molar-refractivity contribution in [2.75, 3.05) is 6.61 Å². The van der Waals surface area contributed by atoms with Gasteiger partial charge in [0.2, 0.25) is 0 Å². The Morgan fingerprint density at radius 3 is 2.84 bits per heavy atom. The molecule has 3 N–H and O–H groups in total. The summed E-state index contributed by atoms with van der Waals surface area (Å²) in [6.07, 6.45) is 3.73. The largest absolute Gasteiger partial charge is 0.395 e. The van der Waals surface area contributed by atoms with Crippen molar-refractivity contribution < 1.29 is 13.9 Å². The maximum atomic E-state index is 15.0. The van der Waals surface area contributed by atoms with Gasteiger partial charge in [-0.3, -0.25) is 9.98 Å². The highest BCUT2D eigenvalue weighted by Gasteiger charge is 2.66. The number of rotatable bonds is 4. The Labute approximate surface area is 186 Å². The van der Waals surface area contributed by atoms with Crippen molar-refractivity contribution in [1.29, 1.82) is 0 Å². The highest BCUT2D eigenvalue weighted by atomic mass is 35.5. The van der Waals surface area contributed by atoms with Crippen LogP contribution < -0.4 is 5.73 Å². The molecule has 0 amide bonds. The lowest BCUT2D eigenvalue weighted by Crippen LogP contribution is -2.37. The number of hydrogen-bond donors (Lipinski definition) is 2. The monoisotopic (exact) mass is 461 g/mol. The number of nitrogens with zero attached hydrogens (tertiary/aromatic N) is 4. The highest BCUT2D eigenvalue weighted by Crippen LogP contribution is 2.65. The first-order chi connectivity index (χ1) is 14.8. The van der Waals surface area contributed by atoms with Gasteiger partial charge >= 0.3 is 0 Å². The molecule has 2 aromatic heterocycles. The van der Waals surface area contributed by atoms with Crippen LogP contribution in [0, 0.1) is 17.6 Å². The lowest BCUT2D eigenvalue weighted by Gasteiger charge is -2.34. The quantitative estimate of drug-likeness (QED) is 0.616. The van der Waals surface area contributed by atoms with Crippen molar-refractivity contribution in [1.82, 2.24) is 15.0 Å². The van der Waals surface area contributed by atoms with Gasteiger partial charge in [0.1, 0.15) is 11.8 Å². The van der Waals surface area contributed by atoms with Crippen LogP contribution in [-0.2, 0) is 12.0 Å². The third-order valence-corrected chi connectivity index (χ3v) is 7.64. The van der Waals surface area contributed by atoms with Crippen LogP contribution in [0.15, 0.2) is 35.7 Å². The van der Waals surface area contributed by atoms with Gasteiger partial charge in [0.05, 0.1) is 33.1 Å². The zero-order chi connectivity index (χ0) is 22.0. The van der Waals surface area contributed by atoms with Crippen molar-refractivity contribution in [2.45, 2.75) is 30.1 Å². The lowest BCUT2D eigenvalue weighted by atomic mass is 9.84. The van der Waals surface area contributed by atoms with Crippen LogP contribution in [0.2, 0.25) is 5.02 Å². The molecule has 0 bridgehead atoms. The molecule has 1 aliphatic heterocycles. The van der Waals surface area contributed by atoms with Gasteiger partial charge in [-0.2, -0.15) is 0 Å². The number of hydrogen-bond acceptors (Lipinski definition) is 7. The molecule has 1 aromatic carbocycles. The number of thioether (sulfide) groups is 1. The van der Waals surface area contributed by atoms with E-state index in [4.69, 9.17) is 17.3 Å². The van der Waals surface area contributed by atoms with E-state index in [0.29, 0.717) is 33.7 Å². The Morgan fingerprint density at radius 2 is 2.06 bits per heavy atom. The average Bonchev–Trinajstić information content (AvgIpc) is 3.46. The molecule has 5 rings (SSSR count). The van der Waals surface area contributed by atoms with Gasteiger partial charge in [-0.15, -0.1) is 0 Å². The molecular weight excluding hydrogens is 444 g/mol. The third-order valence-electron chi connectivity index (χ3n) is 6.14. The van der Waals surface area contributed by atoms with E-state index in [-0.39, 0.29) is 29.7 Å². The van der Waals surface area contributed by atoms with E-state index >= 15 is 0 Å². The van der Waals surface area contributed by atoms with E-state index in [1.54, 1.807) is 19.1 Å². The second-order valence-electron chi connectivity index (χ2n) is 8.14. The van der Waals surface area contributed by atoms with E-state index in [1.807, 2.05) is 0 Å². The van der Waals surface area contributed by atoms with Crippen LogP contribution in [0.3, 0.4) is 0 Å². The summed E-state index contributed by atoms with van der Waals surface area (Å²) in [4.78, 5) is 17.2. The van der Waals surface area contributed by atoms with Gasteiger partial charge in [-0.1, -0.05) is 23.4 Å². The summed E-state index contributed by atoms with van der Waals surface area (Å²) in [5.74, 6) is -2.06. The van der Waals surface area contributed by atoms with Gasteiger partial charge in [0, 0.05) is 24.1 Å². The van der Waals surface area contributed by atoms with Crippen LogP contribution >= 0.6 is 23.4 Å². The number of aliphatic hydroxyl groups excluding tert-OH is 1. The fourth-order valence-electron chi connectivity index (χ4n) is 4.51. The number of aromatic nitrogens is 3. The van der Waals surface area contributed by atoms with Gasteiger partial charge in [-0.05, 0) is 37.1 Å². The second-order valence-corrected chi connectivity index (χ2v) is 10.0. The standard InChI is InChI=1S/C21H18ClF2N5OS/c1-20(16-6-21(16,8-30)31-19(25)29-20)12-2-10(3-13(23)17(12)24)4-14-18-15(28-9-27-14)5-11(22)7-26-18/h2-3,5,7,9,16,30H,4,6,8H2,1H3,(H2,25,29)/t16-,20+,21+/m0/s1. The molecule has 3 aromatic rings. The maximum absolute atomic E-state index is 15.0. The van der Waals surface area contributed by atoms with E-state index in [0.717, 1.165) is 6.07 Å². The molecule has 3 heterocycles. The Kier molecular flexibility index (Phi) is 4.69. The van der Waals surface area contributed by atoms with Crippen molar-refractivity contribution in [3.8, 4) is 0 Å². The fourth-order valence-corrected chi connectivity index (χ4v) is 6.00. The van der Waals surface area contributed by atoms with E-state index in [2.05, 4.69) is 19.9 Å². The second kappa shape index (κ2) is 7.08. The first-order valence-corrected chi connectivity index (χ1v) is 10.8. The van der Waals surface area contributed by atoms with Gasteiger partial charge in [0.25, 0.3) is 0 Å². The van der Waals surface area contributed by atoms with Gasteiger partial charge < -0.3 is 10.8 Å². The minimum Gasteiger partial charge on any atom is -0.395 e. The Balaban J connectivity index is 1.59. The zero-order valence-electron chi connectivity index (χ0n) is 16.4. The first-order valence-electron chi connectivity index (χ1n) is 9.64. The lowest BCUT2D eigenvalue weighted by molar-refractivity contribution is 0.264. The molecule has 31 heavy (non-hydrogen) atoms. The Bertz CT molecular complexity index is 1260. The minimum absolute atomic E-state index is 0.0981. The van der Waals surface area contributed by atoms with Crippen molar-refractivity contribution in [3.05, 3.63) is 64.2 Å². The molecule has 1 fully saturated rings. The summed E-state index contributed by atoms with van der Waals surface area (Å²) in [5, 5.41) is 10.6. The Hall–Kier alpha value is -2.36. The van der Waals surface area contributed by atoms with Crippen LogP contribution in [0.4, 0.5) is 8.78 Å². The predicted octanol–water partition coefficient (Wildman–Crippen LogP) is 3.57. The molecular formula is C21H18ClF2N5OS. The number of pyridine rings is 1. The van der Waals surface area contributed by atoms with Crippen molar-refractivity contribution >= 4 is 39.6 Å². The molecule has 10 heteroatoms. The number of halogens is 3. The molecule has 3 atom stereocenters. The highest BCUT2D eigenvalue weighted by molar-refractivity contribution is 8.15. The van der Waals surface area contributed by atoms with Gasteiger partial charge in [-0.25, -0.2) is 18.7 Å². The normalized spacial score (nSPS) is 27.1. The van der Waals surface area contributed by atoms with E-state index < -0.39 is 21.9 Å². The summed E-state index contributed by atoms with van der Waals surface area (Å²) in [6, 6.07) is 4.43. The number of fused-ring (bicyclic) bond motifs is 2. The zero-order valence-corrected chi connectivity index (χ0v) is 18.0.